The third-order valence-electron chi connectivity index (χ3n) is 4.16. The standard InChI is InChI=1S/C13H24N2O2/c1-13(2,17-3)11-7-6-10-14(11)15-9-5-4-8-12(15)16/h11H,4-10H2,1-3H3. The Hall–Kier alpha value is -0.610. The fourth-order valence-electron chi connectivity index (χ4n) is 2.95. The van der Waals surface area contributed by atoms with Gasteiger partial charge in [0.1, 0.15) is 0 Å². The lowest BCUT2D eigenvalue weighted by molar-refractivity contribution is -0.165. The molecule has 0 N–H and O–H groups in total. The number of amides is 1. The number of ether oxygens (including phenoxy) is 1. The first-order valence-electron chi connectivity index (χ1n) is 6.68. The molecule has 2 fully saturated rings. The van der Waals surface area contributed by atoms with Crippen LogP contribution in [-0.4, -0.2) is 47.8 Å². The van der Waals surface area contributed by atoms with Gasteiger partial charge in [-0.2, -0.15) is 0 Å². The van der Waals surface area contributed by atoms with Crippen LogP contribution in [-0.2, 0) is 9.53 Å². The van der Waals surface area contributed by atoms with Crippen molar-refractivity contribution in [2.75, 3.05) is 20.2 Å². The zero-order chi connectivity index (χ0) is 12.5. The van der Waals surface area contributed by atoms with Crippen molar-refractivity contribution in [3.63, 3.8) is 0 Å². The molecule has 17 heavy (non-hydrogen) atoms. The number of hydrogen-bond donors (Lipinski definition) is 0. The highest BCUT2D eigenvalue weighted by atomic mass is 16.5. The fourth-order valence-corrected chi connectivity index (χ4v) is 2.95. The van der Waals surface area contributed by atoms with Crippen LogP contribution < -0.4 is 0 Å². The van der Waals surface area contributed by atoms with Crippen LogP contribution in [0.1, 0.15) is 46.0 Å². The molecule has 2 saturated heterocycles. The summed E-state index contributed by atoms with van der Waals surface area (Å²) in [5.74, 6) is 0.287. The normalized spacial score (nSPS) is 27.8. The Morgan fingerprint density at radius 2 is 2.00 bits per heavy atom. The third kappa shape index (κ3) is 2.47. The first-order valence-corrected chi connectivity index (χ1v) is 6.68. The van der Waals surface area contributed by atoms with Gasteiger partial charge in [-0.3, -0.25) is 9.80 Å². The van der Waals surface area contributed by atoms with Gasteiger partial charge in [0.2, 0.25) is 5.91 Å². The van der Waals surface area contributed by atoms with Gasteiger partial charge in [-0.15, -0.1) is 0 Å². The highest BCUT2D eigenvalue weighted by Crippen LogP contribution is 2.31. The summed E-state index contributed by atoms with van der Waals surface area (Å²) in [6, 6.07) is 0.328. The van der Waals surface area contributed by atoms with E-state index >= 15 is 0 Å². The van der Waals surface area contributed by atoms with E-state index in [9.17, 15) is 4.79 Å². The van der Waals surface area contributed by atoms with Crippen molar-refractivity contribution in [3.05, 3.63) is 0 Å². The summed E-state index contributed by atoms with van der Waals surface area (Å²) in [6.07, 6.45) is 5.15. The molecule has 4 heteroatoms. The van der Waals surface area contributed by atoms with Crippen LogP contribution in [0.2, 0.25) is 0 Å². The van der Waals surface area contributed by atoms with E-state index in [1.54, 1.807) is 7.11 Å². The number of methoxy groups -OCH3 is 1. The van der Waals surface area contributed by atoms with E-state index in [-0.39, 0.29) is 11.5 Å². The smallest absolute Gasteiger partial charge is 0.236 e. The summed E-state index contributed by atoms with van der Waals surface area (Å²) in [5.41, 5.74) is -0.186. The number of nitrogens with zero attached hydrogens (tertiary/aromatic N) is 2. The lowest BCUT2D eigenvalue weighted by atomic mass is 9.97. The van der Waals surface area contributed by atoms with Crippen LogP contribution in [0.5, 0.6) is 0 Å². The minimum atomic E-state index is -0.186. The SMILES string of the molecule is COC(C)(C)C1CCCN1N1CCCCC1=O. The van der Waals surface area contributed by atoms with Gasteiger partial charge in [0.05, 0.1) is 11.6 Å². The van der Waals surface area contributed by atoms with E-state index in [0.29, 0.717) is 12.5 Å². The van der Waals surface area contributed by atoms with Gasteiger partial charge < -0.3 is 4.74 Å². The summed E-state index contributed by atoms with van der Waals surface area (Å²) < 4.78 is 5.60. The number of carbonyl (C=O) groups is 1. The second kappa shape index (κ2) is 4.94. The molecule has 0 saturated carbocycles. The highest BCUT2D eigenvalue weighted by molar-refractivity contribution is 5.76. The molecule has 4 nitrogen and oxygen atoms in total. The van der Waals surface area contributed by atoms with E-state index in [4.69, 9.17) is 4.74 Å². The van der Waals surface area contributed by atoms with E-state index in [0.717, 1.165) is 38.8 Å². The quantitative estimate of drug-likeness (QED) is 0.754. The van der Waals surface area contributed by atoms with Crippen LogP contribution >= 0.6 is 0 Å². The lowest BCUT2D eigenvalue weighted by Crippen LogP contribution is -2.57. The molecule has 98 valence electrons. The van der Waals surface area contributed by atoms with Crippen molar-refractivity contribution in [3.8, 4) is 0 Å². The minimum absolute atomic E-state index is 0.186. The first-order chi connectivity index (χ1) is 8.06. The summed E-state index contributed by atoms with van der Waals surface area (Å²) in [5, 5.41) is 4.23. The molecule has 0 aromatic heterocycles. The Labute approximate surface area is 104 Å². The Morgan fingerprint density at radius 3 is 2.65 bits per heavy atom. The second-order valence-corrected chi connectivity index (χ2v) is 5.60. The van der Waals surface area contributed by atoms with E-state index < -0.39 is 0 Å². The molecule has 2 heterocycles. The van der Waals surface area contributed by atoms with E-state index in [1.807, 2.05) is 5.01 Å². The van der Waals surface area contributed by atoms with Crippen LogP contribution in [0.3, 0.4) is 0 Å². The molecule has 2 rings (SSSR count). The monoisotopic (exact) mass is 240 g/mol. The Balaban J connectivity index is 2.11. The van der Waals surface area contributed by atoms with Gasteiger partial charge in [-0.25, -0.2) is 5.01 Å². The van der Waals surface area contributed by atoms with Crippen LogP contribution in [0, 0.1) is 0 Å². The molecule has 0 aromatic carbocycles. The van der Waals surface area contributed by atoms with Crippen molar-refractivity contribution in [1.82, 2.24) is 10.0 Å². The van der Waals surface area contributed by atoms with Crippen molar-refractivity contribution in [1.29, 1.82) is 0 Å². The molecule has 1 amide bonds. The third-order valence-corrected chi connectivity index (χ3v) is 4.16. The Morgan fingerprint density at radius 1 is 1.24 bits per heavy atom. The molecule has 0 bridgehead atoms. The summed E-state index contributed by atoms with van der Waals surface area (Å²) in [7, 11) is 1.76. The van der Waals surface area contributed by atoms with Gasteiger partial charge >= 0.3 is 0 Å². The predicted octanol–water partition coefficient (Wildman–Crippen LogP) is 1.80. The van der Waals surface area contributed by atoms with Crippen LogP contribution in [0.4, 0.5) is 0 Å². The maximum absolute atomic E-state index is 12.0. The zero-order valence-electron chi connectivity index (χ0n) is 11.2. The molecule has 0 aromatic rings. The highest BCUT2D eigenvalue weighted by Gasteiger charge is 2.41. The molecule has 2 aliphatic rings. The molecule has 0 aliphatic carbocycles. The number of hydrazine groups is 1. The molecular weight excluding hydrogens is 216 g/mol. The van der Waals surface area contributed by atoms with Crippen LogP contribution in [0.25, 0.3) is 0 Å². The van der Waals surface area contributed by atoms with Crippen LogP contribution in [0.15, 0.2) is 0 Å². The lowest BCUT2D eigenvalue weighted by Gasteiger charge is -2.43. The average molecular weight is 240 g/mol. The molecular formula is C13H24N2O2. The number of carbonyl (C=O) groups excluding carboxylic acids is 1. The number of hydrogen-bond acceptors (Lipinski definition) is 3. The van der Waals surface area contributed by atoms with Gasteiger partial charge in [0.15, 0.2) is 0 Å². The van der Waals surface area contributed by atoms with Crippen molar-refractivity contribution in [2.45, 2.75) is 57.6 Å². The molecule has 0 spiro atoms. The van der Waals surface area contributed by atoms with Crippen molar-refractivity contribution >= 4 is 5.91 Å². The van der Waals surface area contributed by atoms with Gasteiger partial charge in [-0.1, -0.05) is 0 Å². The maximum Gasteiger partial charge on any atom is 0.236 e. The summed E-state index contributed by atoms with van der Waals surface area (Å²) in [4.78, 5) is 12.0. The summed E-state index contributed by atoms with van der Waals surface area (Å²) in [6.45, 7) is 6.10. The Bertz CT molecular complexity index is 291. The first kappa shape index (κ1) is 12.8. The minimum Gasteiger partial charge on any atom is -0.377 e. The fraction of sp³-hybridized carbons (Fsp3) is 0.923. The number of piperidine rings is 1. The average Bonchev–Trinajstić information content (AvgIpc) is 2.79. The van der Waals surface area contributed by atoms with Gasteiger partial charge in [-0.05, 0) is 39.5 Å². The molecule has 0 radical (unpaired) electrons. The number of rotatable bonds is 3. The second-order valence-electron chi connectivity index (χ2n) is 5.60. The van der Waals surface area contributed by atoms with Crippen molar-refractivity contribution < 1.29 is 9.53 Å². The molecule has 1 unspecified atom stereocenters. The maximum atomic E-state index is 12.0. The zero-order valence-corrected chi connectivity index (χ0v) is 11.2. The van der Waals surface area contributed by atoms with Gasteiger partial charge in [0.25, 0.3) is 0 Å². The van der Waals surface area contributed by atoms with E-state index in [1.165, 1.54) is 0 Å². The summed E-state index contributed by atoms with van der Waals surface area (Å²) >= 11 is 0. The predicted molar refractivity (Wildman–Crippen MR) is 66.4 cm³/mol. The van der Waals surface area contributed by atoms with Gasteiger partial charge in [0, 0.05) is 26.6 Å². The van der Waals surface area contributed by atoms with E-state index in [2.05, 4.69) is 18.9 Å². The van der Waals surface area contributed by atoms with Crippen molar-refractivity contribution in [2.24, 2.45) is 0 Å². The molecule has 1 atom stereocenters. The molecule has 2 aliphatic heterocycles. The Kier molecular flexibility index (Phi) is 3.73. The topological polar surface area (TPSA) is 32.8 Å². The largest absolute Gasteiger partial charge is 0.377 e.